The summed E-state index contributed by atoms with van der Waals surface area (Å²) in [7, 11) is 1.58. The Kier molecular flexibility index (Phi) is 4.44. The first-order valence-electron chi connectivity index (χ1n) is 6.10. The molecule has 0 N–H and O–H groups in total. The zero-order valence-corrected chi connectivity index (χ0v) is 12.0. The van der Waals surface area contributed by atoms with Crippen molar-refractivity contribution < 1.29 is 13.6 Å². The predicted molar refractivity (Wildman–Crippen MR) is 73.7 cm³/mol. The number of hydrogen-bond donors (Lipinski definition) is 0. The van der Waals surface area contributed by atoms with E-state index in [-0.39, 0.29) is 11.6 Å². The van der Waals surface area contributed by atoms with Crippen LogP contribution in [0.5, 0.6) is 0 Å². The van der Waals surface area contributed by atoms with E-state index in [0.717, 1.165) is 11.1 Å². The molecule has 2 heterocycles. The number of pyridine rings is 1. The molecule has 2 aromatic rings. The van der Waals surface area contributed by atoms with Crippen LogP contribution in [0.15, 0.2) is 29.8 Å². The zero-order chi connectivity index (χ0) is 14.7. The lowest BCUT2D eigenvalue weighted by Crippen LogP contribution is -2.37. The van der Waals surface area contributed by atoms with Crippen LogP contribution in [-0.4, -0.2) is 28.9 Å². The maximum atomic E-state index is 13.6. The minimum absolute atomic E-state index is 0.114. The highest BCUT2D eigenvalue weighted by atomic mass is 32.1. The third kappa shape index (κ3) is 3.01. The predicted octanol–water partition coefficient (Wildman–Crippen LogP) is 3.12. The van der Waals surface area contributed by atoms with Crippen molar-refractivity contribution in [1.29, 1.82) is 0 Å². The quantitative estimate of drug-likeness (QED) is 0.812. The van der Waals surface area contributed by atoms with Gasteiger partial charge in [-0.25, -0.2) is 9.37 Å². The van der Waals surface area contributed by atoms with Gasteiger partial charge >= 0.3 is 0 Å². The lowest BCUT2D eigenvalue weighted by molar-refractivity contribution is 0.0737. The Balaban J connectivity index is 2.13. The van der Waals surface area contributed by atoms with Crippen molar-refractivity contribution in [3.05, 3.63) is 52.0 Å². The molecule has 0 radical (unpaired) electrons. The Bertz CT molecular complexity index is 601. The van der Waals surface area contributed by atoms with Crippen LogP contribution in [0.4, 0.5) is 8.78 Å². The van der Waals surface area contributed by atoms with Crippen molar-refractivity contribution in [2.75, 3.05) is 7.05 Å². The molecule has 1 unspecified atom stereocenters. The number of likely N-dealkylation sites (N-methyl/N-ethyl adjacent to an activating group) is 1. The summed E-state index contributed by atoms with van der Waals surface area (Å²) >= 11 is 1.60. The summed E-state index contributed by atoms with van der Waals surface area (Å²) in [5.41, 5.74) is -0.293. The van der Waals surface area contributed by atoms with Gasteiger partial charge in [-0.3, -0.25) is 4.79 Å². The number of thiophene rings is 1. The van der Waals surface area contributed by atoms with Crippen molar-refractivity contribution in [1.82, 2.24) is 9.88 Å². The molecule has 1 amide bonds. The Morgan fingerprint density at radius 3 is 2.85 bits per heavy atom. The first-order chi connectivity index (χ1) is 9.50. The van der Waals surface area contributed by atoms with E-state index in [1.54, 1.807) is 18.4 Å². The molecular weight excluding hydrogens is 282 g/mol. The van der Waals surface area contributed by atoms with Gasteiger partial charge in [0, 0.05) is 30.6 Å². The number of rotatable bonds is 4. The van der Waals surface area contributed by atoms with E-state index in [0.29, 0.717) is 6.42 Å². The second-order valence-electron chi connectivity index (χ2n) is 4.51. The normalized spacial score (nSPS) is 12.2. The highest BCUT2D eigenvalue weighted by molar-refractivity contribution is 7.09. The van der Waals surface area contributed by atoms with Gasteiger partial charge in [-0.1, -0.05) is 6.07 Å². The van der Waals surface area contributed by atoms with E-state index in [9.17, 15) is 13.6 Å². The van der Waals surface area contributed by atoms with Crippen LogP contribution >= 0.6 is 11.3 Å². The van der Waals surface area contributed by atoms with Crippen molar-refractivity contribution >= 4 is 17.2 Å². The molecule has 2 rings (SSSR count). The lowest BCUT2D eigenvalue weighted by Gasteiger charge is -2.24. The van der Waals surface area contributed by atoms with Crippen LogP contribution in [0.1, 0.15) is 22.2 Å². The SMILES string of the molecule is CC(Cc1cccs1)N(C)C(=O)c1ccnc(F)c1F. The third-order valence-electron chi connectivity index (χ3n) is 3.14. The van der Waals surface area contributed by atoms with Crippen LogP contribution in [0, 0.1) is 11.8 Å². The molecule has 0 spiro atoms. The van der Waals surface area contributed by atoms with Gasteiger partial charge in [-0.2, -0.15) is 4.39 Å². The number of hydrogen-bond acceptors (Lipinski definition) is 3. The van der Waals surface area contributed by atoms with Crippen molar-refractivity contribution in [3.8, 4) is 0 Å². The van der Waals surface area contributed by atoms with Crippen molar-refractivity contribution in [3.63, 3.8) is 0 Å². The summed E-state index contributed by atoms with van der Waals surface area (Å²) in [5.74, 6) is -3.00. The molecule has 0 saturated heterocycles. The molecule has 1 atom stereocenters. The molecular formula is C14H14F2N2OS. The highest BCUT2D eigenvalue weighted by Crippen LogP contribution is 2.17. The maximum absolute atomic E-state index is 13.6. The van der Waals surface area contributed by atoms with E-state index in [1.807, 2.05) is 24.4 Å². The van der Waals surface area contributed by atoms with Gasteiger partial charge in [0.05, 0.1) is 5.56 Å². The fraction of sp³-hybridized carbons (Fsp3) is 0.286. The average molecular weight is 296 g/mol. The van der Waals surface area contributed by atoms with Gasteiger partial charge in [0.25, 0.3) is 5.91 Å². The molecule has 6 heteroatoms. The summed E-state index contributed by atoms with van der Waals surface area (Å²) in [5, 5.41) is 1.96. The Morgan fingerprint density at radius 2 is 2.20 bits per heavy atom. The summed E-state index contributed by atoms with van der Waals surface area (Å²) in [4.78, 5) is 17.9. The second kappa shape index (κ2) is 6.09. The monoisotopic (exact) mass is 296 g/mol. The molecule has 2 aromatic heterocycles. The van der Waals surface area contributed by atoms with E-state index in [1.165, 1.54) is 11.0 Å². The standard InChI is InChI=1S/C14H14F2N2OS/c1-9(8-10-4-3-7-20-10)18(2)14(19)11-5-6-17-13(16)12(11)15/h3-7,9H,8H2,1-2H3. The van der Waals surface area contributed by atoms with Crippen molar-refractivity contribution in [2.24, 2.45) is 0 Å². The van der Waals surface area contributed by atoms with Crippen LogP contribution in [0.2, 0.25) is 0 Å². The molecule has 20 heavy (non-hydrogen) atoms. The molecule has 0 aromatic carbocycles. The van der Waals surface area contributed by atoms with E-state index in [2.05, 4.69) is 4.98 Å². The summed E-state index contributed by atoms with van der Waals surface area (Å²) in [6.45, 7) is 1.87. The summed E-state index contributed by atoms with van der Waals surface area (Å²) in [6, 6.07) is 4.99. The summed E-state index contributed by atoms with van der Waals surface area (Å²) in [6.07, 6.45) is 1.76. The molecule has 0 aliphatic heterocycles. The first kappa shape index (κ1) is 14.6. The molecule has 0 bridgehead atoms. The van der Waals surface area contributed by atoms with Crippen LogP contribution in [0.3, 0.4) is 0 Å². The Morgan fingerprint density at radius 1 is 1.45 bits per heavy atom. The molecule has 106 valence electrons. The van der Waals surface area contributed by atoms with E-state index < -0.39 is 17.7 Å². The fourth-order valence-corrected chi connectivity index (χ4v) is 2.66. The first-order valence-corrected chi connectivity index (χ1v) is 6.98. The minimum atomic E-state index is -1.25. The van der Waals surface area contributed by atoms with Gasteiger partial charge in [0.2, 0.25) is 5.95 Å². The Labute approximate surface area is 119 Å². The van der Waals surface area contributed by atoms with Gasteiger partial charge in [0.1, 0.15) is 0 Å². The average Bonchev–Trinajstić information content (AvgIpc) is 2.93. The number of carbonyl (C=O) groups excluding carboxylic acids is 1. The number of carbonyl (C=O) groups is 1. The number of aromatic nitrogens is 1. The van der Waals surface area contributed by atoms with Gasteiger partial charge < -0.3 is 4.90 Å². The Hall–Kier alpha value is -1.82. The van der Waals surface area contributed by atoms with Crippen molar-refractivity contribution in [2.45, 2.75) is 19.4 Å². The van der Waals surface area contributed by atoms with Crippen LogP contribution < -0.4 is 0 Å². The third-order valence-corrected chi connectivity index (χ3v) is 4.03. The van der Waals surface area contributed by atoms with Crippen LogP contribution in [0.25, 0.3) is 0 Å². The molecule has 3 nitrogen and oxygen atoms in total. The maximum Gasteiger partial charge on any atom is 0.257 e. The van der Waals surface area contributed by atoms with E-state index in [4.69, 9.17) is 0 Å². The molecule has 0 saturated carbocycles. The van der Waals surface area contributed by atoms with Gasteiger partial charge in [-0.15, -0.1) is 11.3 Å². The second-order valence-corrected chi connectivity index (χ2v) is 5.54. The molecule has 0 fully saturated rings. The summed E-state index contributed by atoms with van der Waals surface area (Å²) < 4.78 is 26.6. The largest absolute Gasteiger partial charge is 0.339 e. The van der Waals surface area contributed by atoms with Gasteiger partial charge in [-0.05, 0) is 24.4 Å². The zero-order valence-electron chi connectivity index (χ0n) is 11.1. The highest BCUT2D eigenvalue weighted by Gasteiger charge is 2.23. The topological polar surface area (TPSA) is 33.2 Å². The minimum Gasteiger partial charge on any atom is -0.339 e. The molecule has 0 aliphatic rings. The smallest absolute Gasteiger partial charge is 0.257 e. The number of nitrogens with zero attached hydrogens (tertiary/aromatic N) is 2. The number of halogens is 2. The molecule has 0 aliphatic carbocycles. The number of amides is 1. The van der Waals surface area contributed by atoms with E-state index >= 15 is 0 Å². The van der Waals surface area contributed by atoms with Crippen LogP contribution in [-0.2, 0) is 6.42 Å². The van der Waals surface area contributed by atoms with Gasteiger partial charge in [0.15, 0.2) is 5.82 Å². The fourth-order valence-electron chi connectivity index (χ4n) is 1.83. The lowest BCUT2D eigenvalue weighted by atomic mass is 10.1.